The Hall–Kier alpha value is -1.34. The smallest absolute Gasteiger partial charge is 0.228 e. The summed E-state index contributed by atoms with van der Waals surface area (Å²) in [6.07, 6.45) is 11.8. The van der Waals surface area contributed by atoms with Gasteiger partial charge in [-0.2, -0.15) is 5.26 Å². The zero-order chi connectivity index (χ0) is 15.8. The largest absolute Gasteiger partial charge is 0.316 e. The van der Waals surface area contributed by atoms with Crippen molar-refractivity contribution in [2.24, 2.45) is 17.8 Å². The van der Waals surface area contributed by atoms with Crippen LogP contribution in [0.25, 0.3) is 0 Å². The number of nitrogens with zero attached hydrogens (tertiary/aromatic N) is 1. The number of thiophene rings is 1. The highest BCUT2D eigenvalue weighted by molar-refractivity contribution is 7.16. The maximum atomic E-state index is 12.7. The van der Waals surface area contributed by atoms with E-state index in [0.717, 1.165) is 42.2 Å². The van der Waals surface area contributed by atoms with Gasteiger partial charge in [-0.25, -0.2) is 0 Å². The molecule has 3 aliphatic rings. The number of hydrogen-bond acceptors (Lipinski definition) is 3. The van der Waals surface area contributed by atoms with Crippen molar-refractivity contribution in [3.63, 3.8) is 0 Å². The van der Waals surface area contributed by atoms with Crippen LogP contribution in [-0.4, -0.2) is 5.91 Å². The molecule has 1 heterocycles. The summed E-state index contributed by atoms with van der Waals surface area (Å²) in [5.74, 6) is 1.72. The Morgan fingerprint density at radius 1 is 1.13 bits per heavy atom. The lowest BCUT2D eigenvalue weighted by molar-refractivity contribution is -0.121. The molecule has 0 saturated heterocycles. The molecule has 4 rings (SSSR count). The number of aryl methyl sites for hydroxylation is 1. The normalized spacial score (nSPS) is 29.4. The molecule has 4 heteroatoms. The number of nitriles is 1. The summed E-state index contributed by atoms with van der Waals surface area (Å²) in [6.45, 7) is 0. The lowest BCUT2D eigenvalue weighted by Crippen LogP contribution is -2.27. The van der Waals surface area contributed by atoms with Crippen LogP contribution in [0.1, 0.15) is 67.4 Å². The van der Waals surface area contributed by atoms with Gasteiger partial charge in [0.1, 0.15) is 11.1 Å². The first kappa shape index (κ1) is 15.2. The third-order valence-corrected chi connectivity index (χ3v) is 7.30. The monoisotopic (exact) mass is 328 g/mol. The molecule has 0 aromatic carbocycles. The van der Waals surface area contributed by atoms with Crippen LogP contribution in [0.4, 0.5) is 5.00 Å². The van der Waals surface area contributed by atoms with E-state index in [1.165, 1.54) is 49.0 Å². The van der Waals surface area contributed by atoms with Crippen molar-refractivity contribution in [3.8, 4) is 6.07 Å². The Bertz CT molecular complexity index is 657. The van der Waals surface area contributed by atoms with Gasteiger partial charge in [0.05, 0.1) is 5.56 Å². The molecule has 1 N–H and O–H groups in total. The Balaban J connectivity index is 1.55. The minimum absolute atomic E-state index is 0.169. The van der Waals surface area contributed by atoms with Crippen molar-refractivity contribution in [2.45, 2.75) is 64.2 Å². The number of carbonyl (C=O) groups is 1. The summed E-state index contributed by atoms with van der Waals surface area (Å²) >= 11 is 1.66. The molecule has 3 nitrogen and oxygen atoms in total. The molecule has 1 aromatic heterocycles. The van der Waals surface area contributed by atoms with Gasteiger partial charge in [0.25, 0.3) is 0 Å². The minimum atomic E-state index is 0.169. The number of amides is 1. The van der Waals surface area contributed by atoms with Gasteiger partial charge in [-0.1, -0.05) is 19.3 Å². The van der Waals surface area contributed by atoms with Gasteiger partial charge in [-0.15, -0.1) is 11.3 Å². The van der Waals surface area contributed by atoms with E-state index >= 15 is 0 Å². The molecule has 2 saturated carbocycles. The summed E-state index contributed by atoms with van der Waals surface area (Å²) in [6, 6.07) is 2.38. The fourth-order valence-corrected chi connectivity index (χ4v) is 6.14. The minimum Gasteiger partial charge on any atom is -0.316 e. The number of carbonyl (C=O) groups excluding carboxylic acids is 1. The first-order valence-electron chi connectivity index (χ1n) is 9.11. The molecule has 2 bridgehead atoms. The van der Waals surface area contributed by atoms with E-state index in [-0.39, 0.29) is 11.8 Å². The lowest BCUT2D eigenvalue weighted by atomic mass is 9.88. The first-order chi connectivity index (χ1) is 11.3. The number of fused-ring (bicyclic) bond motifs is 3. The molecule has 3 aliphatic carbocycles. The van der Waals surface area contributed by atoms with Crippen LogP contribution in [-0.2, 0) is 17.6 Å². The molecule has 0 spiro atoms. The van der Waals surface area contributed by atoms with Gasteiger partial charge in [-0.05, 0) is 62.3 Å². The summed E-state index contributed by atoms with van der Waals surface area (Å²) in [5.41, 5.74) is 1.98. The van der Waals surface area contributed by atoms with E-state index in [1.807, 2.05) is 0 Å². The van der Waals surface area contributed by atoms with Crippen LogP contribution in [0, 0.1) is 29.1 Å². The van der Waals surface area contributed by atoms with Crippen molar-refractivity contribution < 1.29 is 4.79 Å². The third kappa shape index (κ3) is 2.80. The van der Waals surface area contributed by atoms with Gasteiger partial charge >= 0.3 is 0 Å². The van der Waals surface area contributed by atoms with Crippen LogP contribution < -0.4 is 5.32 Å². The van der Waals surface area contributed by atoms with Crippen molar-refractivity contribution in [1.29, 1.82) is 5.26 Å². The predicted molar refractivity (Wildman–Crippen MR) is 92.5 cm³/mol. The van der Waals surface area contributed by atoms with Crippen LogP contribution in [0.3, 0.4) is 0 Å². The van der Waals surface area contributed by atoms with Gasteiger partial charge in [0.2, 0.25) is 5.91 Å². The van der Waals surface area contributed by atoms with Crippen molar-refractivity contribution >= 4 is 22.2 Å². The molecule has 2 fully saturated rings. The summed E-state index contributed by atoms with van der Waals surface area (Å²) < 4.78 is 0. The Morgan fingerprint density at radius 3 is 2.65 bits per heavy atom. The molecular weight excluding hydrogens is 304 g/mol. The van der Waals surface area contributed by atoms with E-state index in [1.54, 1.807) is 11.3 Å². The summed E-state index contributed by atoms with van der Waals surface area (Å²) in [4.78, 5) is 14.0. The van der Waals surface area contributed by atoms with Crippen LogP contribution in [0.5, 0.6) is 0 Å². The number of rotatable bonds is 2. The van der Waals surface area contributed by atoms with Crippen molar-refractivity contribution in [1.82, 2.24) is 0 Å². The van der Waals surface area contributed by atoms with Gasteiger partial charge in [-0.3, -0.25) is 4.79 Å². The fourth-order valence-electron chi connectivity index (χ4n) is 4.90. The molecule has 0 aliphatic heterocycles. The maximum absolute atomic E-state index is 12.7. The summed E-state index contributed by atoms with van der Waals surface area (Å²) in [5, 5.41) is 13.6. The topological polar surface area (TPSA) is 52.9 Å². The number of anilines is 1. The number of hydrogen-bond donors (Lipinski definition) is 1. The van der Waals surface area contributed by atoms with Crippen LogP contribution in [0.2, 0.25) is 0 Å². The zero-order valence-electron chi connectivity index (χ0n) is 13.6. The van der Waals surface area contributed by atoms with E-state index in [4.69, 9.17) is 0 Å². The SMILES string of the molecule is N#Cc1c(NC(=O)C2CC3CCC2C3)sc2c1CCCCCC2. The van der Waals surface area contributed by atoms with Crippen molar-refractivity contribution in [2.75, 3.05) is 5.32 Å². The molecule has 1 amide bonds. The molecule has 3 atom stereocenters. The molecular formula is C19H24N2OS. The average Bonchev–Trinajstić information content (AvgIpc) is 3.22. The second-order valence-electron chi connectivity index (χ2n) is 7.50. The standard InChI is InChI=1S/C19H24N2OS/c20-11-16-14-5-3-1-2-4-6-17(14)23-19(16)21-18(22)15-10-12-7-8-13(15)9-12/h12-13,15H,1-10H2,(H,21,22). The van der Waals surface area contributed by atoms with E-state index in [0.29, 0.717) is 5.92 Å². The second-order valence-corrected chi connectivity index (χ2v) is 8.61. The average molecular weight is 328 g/mol. The quantitative estimate of drug-likeness (QED) is 0.859. The highest BCUT2D eigenvalue weighted by atomic mass is 32.1. The molecule has 3 unspecified atom stereocenters. The van der Waals surface area contributed by atoms with Crippen LogP contribution in [0.15, 0.2) is 0 Å². The third-order valence-electron chi connectivity index (χ3n) is 6.09. The van der Waals surface area contributed by atoms with Crippen molar-refractivity contribution in [3.05, 3.63) is 16.0 Å². The molecule has 1 aromatic rings. The highest BCUT2D eigenvalue weighted by Crippen LogP contribution is 2.49. The van der Waals surface area contributed by atoms with Gasteiger partial charge in [0, 0.05) is 10.8 Å². The van der Waals surface area contributed by atoms with Crippen LogP contribution >= 0.6 is 11.3 Å². The fraction of sp³-hybridized carbons (Fsp3) is 0.684. The zero-order valence-corrected chi connectivity index (χ0v) is 14.4. The van der Waals surface area contributed by atoms with Gasteiger partial charge < -0.3 is 5.32 Å². The van der Waals surface area contributed by atoms with E-state index < -0.39 is 0 Å². The lowest BCUT2D eigenvalue weighted by Gasteiger charge is -2.20. The summed E-state index contributed by atoms with van der Waals surface area (Å²) in [7, 11) is 0. The molecule has 122 valence electrons. The molecule has 0 radical (unpaired) electrons. The van der Waals surface area contributed by atoms with E-state index in [9.17, 15) is 10.1 Å². The Kier molecular flexibility index (Phi) is 4.15. The maximum Gasteiger partial charge on any atom is 0.228 e. The predicted octanol–water partition coefficient (Wildman–Crippen LogP) is 4.65. The molecule has 23 heavy (non-hydrogen) atoms. The Morgan fingerprint density at radius 2 is 1.96 bits per heavy atom. The first-order valence-corrected chi connectivity index (χ1v) is 9.93. The second kappa shape index (κ2) is 6.28. The highest BCUT2D eigenvalue weighted by Gasteiger charge is 2.43. The van der Waals surface area contributed by atoms with E-state index in [2.05, 4.69) is 11.4 Å². The number of nitrogens with one attached hydrogen (secondary N) is 1. The Labute approximate surface area is 142 Å². The van der Waals surface area contributed by atoms with Gasteiger partial charge in [0.15, 0.2) is 0 Å².